The average molecular weight is 284 g/mol. The second-order valence-corrected chi connectivity index (χ2v) is 4.81. The summed E-state index contributed by atoms with van der Waals surface area (Å²) in [4.78, 5) is 11.1. The SMILES string of the molecule is Cn1ncc(C(=O)O)c1CSc1cc(F)ccc1F. The van der Waals surface area contributed by atoms with Crippen LogP contribution in [0.1, 0.15) is 16.1 Å². The summed E-state index contributed by atoms with van der Waals surface area (Å²) in [5.74, 6) is -1.97. The molecule has 2 aromatic rings. The first-order valence-electron chi connectivity index (χ1n) is 5.31. The van der Waals surface area contributed by atoms with Gasteiger partial charge in [0.1, 0.15) is 17.2 Å². The van der Waals surface area contributed by atoms with E-state index < -0.39 is 17.6 Å². The van der Waals surface area contributed by atoms with Crippen molar-refractivity contribution >= 4 is 17.7 Å². The van der Waals surface area contributed by atoms with Crippen LogP contribution in [0.15, 0.2) is 29.3 Å². The van der Waals surface area contributed by atoms with Gasteiger partial charge in [-0.3, -0.25) is 4.68 Å². The Labute approximate surface area is 112 Å². The van der Waals surface area contributed by atoms with Crippen molar-refractivity contribution < 1.29 is 18.7 Å². The summed E-state index contributed by atoms with van der Waals surface area (Å²) in [6.07, 6.45) is 1.24. The van der Waals surface area contributed by atoms with Crippen LogP contribution >= 0.6 is 11.8 Å². The second-order valence-electron chi connectivity index (χ2n) is 3.80. The predicted molar refractivity (Wildman–Crippen MR) is 66.1 cm³/mol. The maximum atomic E-state index is 13.4. The molecular weight excluding hydrogens is 274 g/mol. The molecule has 1 aromatic carbocycles. The number of benzene rings is 1. The number of halogens is 2. The Kier molecular flexibility index (Phi) is 3.84. The summed E-state index contributed by atoms with van der Waals surface area (Å²) in [5.41, 5.74) is 0.507. The smallest absolute Gasteiger partial charge is 0.339 e. The quantitative estimate of drug-likeness (QED) is 0.877. The van der Waals surface area contributed by atoms with Gasteiger partial charge in [-0.15, -0.1) is 11.8 Å². The van der Waals surface area contributed by atoms with E-state index in [0.717, 1.165) is 30.0 Å². The lowest BCUT2D eigenvalue weighted by molar-refractivity contribution is 0.0696. The van der Waals surface area contributed by atoms with Gasteiger partial charge in [0.25, 0.3) is 0 Å². The van der Waals surface area contributed by atoms with E-state index in [-0.39, 0.29) is 16.2 Å². The number of aromatic nitrogens is 2. The first kappa shape index (κ1) is 13.5. The van der Waals surface area contributed by atoms with Crippen LogP contribution in [0.2, 0.25) is 0 Å². The number of aryl methyl sites for hydroxylation is 1. The van der Waals surface area contributed by atoms with E-state index in [1.807, 2.05) is 0 Å². The van der Waals surface area contributed by atoms with Gasteiger partial charge in [-0.1, -0.05) is 0 Å². The maximum absolute atomic E-state index is 13.4. The lowest BCUT2D eigenvalue weighted by Crippen LogP contribution is -2.03. The highest BCUT2D eigenvalue weighted by Crippen LogP contribution is 2.27. The van der Waals surface area contributed by atoms with Crippen LogP contribution in [0.3, 0.4) is 0 Å². The molecule has 0 amide bonds. The third-order valence-corrected chi connectivity index (χ3v) is 3.59. The Morgan fingerprint density at radius 1 is 1.47 bits per heavy atom. The minimum Gasteiger partial charge on any atom is -0.478 e. The van der Waals surface area contributed by atoms with Crippen LogP contribution in [-0.2, 0) is 12.8 Å². The number of thioether (sulfide) groups is 1. The lowest BCUT2D eigenvalue weighted by atomic mass is 10.3. The van der Waals surface area contributed by atoms with Crippen LogP contribution in [0.25, 0.3) is 0 Å². The molecule has 0 aliphatic carbocycles. The fourth-order valence-electron chi connectivity index (χ4n) is 1.55. The Balaban J connectivity index is 2.21. The number of aromatic carboxylic acids is 1. The minimum absolute atomic E-state index is 0.0619. The van der Waals surface area contributed by atoms with Gasteiger partial charge in [0.2, 0.25) is 0 Å². The number of hydrogen-bond donors (Lipinski definition) is 1. The molecule has 0 radical (unpaired) electrons. The normalized spacial score (nSPS) is 10.7. The molecular formula is C12H10F2N2O2S. The molecule has 0 aliphatic heterocycles. The van der Waals surface area contributed by atoms with Crippen molar-refractivity contribution in [1.29, 1.82) is 0 Å². The Hall–Kier alpha value is -1.89. The van der Waals surface area contributed by atoms with Gasteiger partial charge < -0.3 is 5.11 Å². The number of carboxylic acids is 1. The number of nitrogens with zero attached hydrogens (tertiary/aromatic N) is 2. The number of carbonyl (C=O) groups is 1. The third kappa shape index (κ3) is 2.93. The predicted octanol–water partition coefficient (Wildman–Crippen LogP) is 2.69. The van der Waals surface area contributed by atoms with Crippen molar-refractivity contribution in [2.75, 3.05) is 0 Å². The Morgan fingerprint density at radius 3 is 2.89 bits per heavy atom. The average Bonchev–Trinajstić information content (AvgIpc) is 2.72. The summed E-state index contributed by atoms with van der Waals surface area (Å²) in [7, 11) is 1.60. The summed E-state index contributed by atoms with van der Waals surface area (Å²) in [6, 6.07) is 3.15. The van der Waals surface area contributed by atoms with Crippen molar-refractivity contribution in [3.8, 4) is 0 Å². The molecule has 0 unspecified atom stereocenters. The van der Waals surface area contributed by atoms with Crippen molar-refractivity contribution in [3.05, 3.63) is 47.3 Å². The molecule has 0 saturated heterocycles. The molecule has 1 heterocycles. The van der Waals surface area contributed by atoms with Crippen molar-refractivity contribution in [3.63, 3.8) is 0 Å². The molecule has 0 spiro atoms. The number of rotatable bonds is 4. The van der Waals surface area contributed by atoms with Crippen LogP contribution in [0, 0.1) is 11.6 Å². The second kappa shape index (κ2) is 5.40. The molecule has 7 heteroatoms. The largest absolute Gasteiger partial charge is 0.478 e. The lowest BCUT2D eigenvalue weighted by Gasteiger charge is -2.05. The zero-order valence-corrected chi connectivity index (χ0v) is 10.7. The summed E-state index contributed by atoms with van der Waals surface area (Å²) in [6.45, 7) is 0. The first-order valence-corrected chi connectivity index (χ1v) is 6.29. The topological polar surface area (TPSA) is 55.1 Å². The fraction of sp³-hybridized carbons (Fsp3) is 0.167. The van der Waals surface area contributed by atoms with Crippen LogP contribution in [0.5, 0.6) is 0 Å². The highest BCUT2D eigenvalue weighted by Gasteiger charge is 2.16. The molecule has 0 saturated carbocycles. The molecule has 0 bridgehead atoms. The molecule has 0 atom stereocenters. The Morgan fingerprint density at radius 2 is 2.21 bits per heavy atom. The van der Waals surface area contributed by atoms with Gasteiger partial charge in [0.05, 0.1) is 11.9 Å². The van der Waals surface area contributed by atoms with Crippen LogP contribution in [0.4, 0.5) is 8.78 Å². The molecule has 4 nitrogen and oxygen atoms in total. The monoisotopic (exact) mass is 284 g/mol. The van der Waals surface area contributed by atoms with Crippen molar-refractivity contribution in [1.82, 2.24) is 9.78 Å². The molecule has 0 aliphatic rings. The van der Waals surface area contributed by atoms with E-state index in [4.69, 9.17) is 5.11 Å². The van der Waals surface area contributed by atoms with Gasteiger partial charge in [-0.2, -0.15) is 5.10 Å². The highest BCUT2D eigenvalue weighted by molar-refractivity contribution is 7.98. The van der Waals surface area contributed by atoms with Crippen LogP contribution < -0.4 is 0 Å². The molecule has 0 fully saturated rings. The van der Waals surface area contributed by atoms with Crippen LogP contribution in [-0.4, -0.2) is 20.9 Å². The number of hydrogen-bond acceptors (Lipinski definition) is 3. The van der Waals surface area contributed by atoms with Gasteiger partial charge in [-0.25, -0.2) is 13.6 Å². The molecule has 1 N–H and O–H groups in total. The van der Waals surface area contributed by atoms with E-state index in [1.54, 1.807) is 7.05 Å². The van der Waals surface area contributed by atoms with E-state index in [2.05, 4.69) is 5.10 Å². The van der Waals surface area contributed by atoms with Gasteiger partial charge in [0.15, 0.2) is 0 Å². The molecule has 100 valence electrons. The Bertz CT molecular complexity index is 628. The van der Waals surface area contributed by atoms with E-state index in [9.17, 15) is 13.6 Å². The van der Waals surface area contributed by atoms with E-state index >= 15 is 0 Å². The van der Waals surface area contributed by atoms with E-state index in [1.165, 1.54) is 10.9 Å². The first-order chi connectivity index (χ1) is 8.99. The number of carboxylic acid groups (broad SMARTS) is 1. The fourth-order valence-corrected chi connectivity index (χ4v) is 2.58. The summed E-state index contributed by atoms with van der Waals surface area (Å²) in [5, 5.41) is 12.8. The molecule has 1 aromatic heterocycles. The van der Waals surface area contributed by atoms with Gasteiger partial charge in [0, 0.05) is 17.7 Å². The maximum Gasteiger partial charge on any atom is 0.339 e. The van der Waals surface area contributed by atoms with E-state index in [0.29, 0.717) is 5.69 Å². The summed E-state index contributed by atoms with van der Waals surface area (Å²) >= 11 is 1.03. The molecule has 2 rings (SSSR count). The third-order valence-electron chi connectivity index (χ3n) is 2.55. The summed E-state index contributed by atoms with van der Waals surface area (Å²) < 4.78 is 27.9. The van der Waals surface area contributed by atoms with Gasteiger partial charge >= 0.3 is 5.97 Å². The standard InChI is InChI=1S/C12H10F2N2O2S/c1-16-10(8(5-15-16)12(17)18)6-19-11-4-7(13)2-3-9(11)14/h2-5H,6H2,1H3,(H,17,18). The zero-order valence-electron chi connectivity index (χ0n) is 9.93. The van der Waals surface area contributed by atoms with Crippen molar-refractivity contribution in [2.45, 2.75) is 10.6 Å². The van der Waals surface area contributed by atoms with Gasteiger partial charge in [-0.05, 0) is 18.2 Å². The van der Waals surface area contributed by atoms with Crippen molar-refractivity contribution in [2.24, 2.45) is 7.05 Å². The highest BCUT2D eigenvalue weighted by atomic mass is 32.2. The minimum atomic E-state index is -1.09. The molecule has 19 heavy (non-hydrogen) atoms. The zero-order chi connectivity index (χ0) is 14.0.